The Hall–Kier alpha value is -2.31. The van der Waals surface area contributed by atoms with Crippen molar-refractivity contribution in [1.29, 1.82) is 0 Å². The average molecular weight is 277 g/mol. The third-order valence-electron chi connectivity index (χ3n) is 3.54. The first-order valence-corrected chi connectivity index (χ1v) is 6.63. The molecule has 0 saturated heterocycles. The summed E-state index contributed by atoms with van der Waals surface area (Å²) < 4.78 is 7.92. The van der Waals surface area contributed by atoms with Crippen LogP contribution in [0.3, 0.4) is 0 Å². The summed E-state index contributed by atoms with van der Waals surface area (Å²) in [5.74, 6) is -0.494. The fourth-order valence-corrected chi connectivity index (χ4v) is 2.54. The Morgan fingerprint density at radius 2 is 2.25 bits per heavy atom. The van der Waals surface area contributed by atoms with E-state index in [0.29, 0.717) is 12.1 Å². The molecule has 106 valence electrons. The molecule has 20 heavy (non-hydrogen) atoms. The van der Waals surface area contributed by atoms with Gasteiger partial charge in [0.05, 0.1) is 12.8 Å². The number of fused-ring (bicyclic) bond motifs is 1. The third-order valence-corrected chi connectivity index (χ3v) is 3.54. The van der Waals surface area contributed by atoms with Gasteiger partial charge in [-0.2, -0.15) is 5.10 Å². The first kappa shape index (κ1) is 12.7. The van der Waals surface area contributed by atoms with Gasteiger partial charge in [-0.05, 0) is 18.9 Å². The van der Waals surface area contributed by atoms with Gasteiger partial charge in [-0.25, -0.2) is 14.3 Å². The molecule has 0 atom stereocenters. The monoisotopic (exact) mass is 277 g/mol. The molecule has 2 aromatic heterocycles. The van der Waals surface area contributed by atoms with Gasteiger partial charge in [0.1, 0.15) is 5.82 Å². The number of carbonyl (C=O) groups is 1. The fraction of sp³-hybridized carbons (Fsp3) is 0.462. The maximum absolute atomic E-state index is 12.3. The predicted octanol–water partition coefficient (Wildman–Crippen LogP) is 1.11. The van der Waals surface area contributed by atoms with Gasteiger partial charge < -0.3 is 9.52 Å². The fourth-order valence-electron chi connectivity index (χ4n) is 2.54. The summed E-state index contributed by atoms with van der Waals surface area (Å²) in [4.78, 5) is 23.3. The predicted molar refractivity (Wildman–Crippen MR) is 68.8 cm³/mol. The van der Waals surface area contributed by atoms with E-state index in [1.165, 1.54) is 10.9 Å². The maximum atomic E-state index is 12.3. The highest BCUT2D eigenvalue weighted by molar-refractivity contribution is 5.86. The minimum absolute atomic E-state index is 0.122. The second-order valence-corrected chi connectivity index (χ2v) is 4.90. The molecule has 7 nitrogen and oxygen atoms in total. The van der Waals surface area contributed by atoms with E-state index in [1.54, 1.807) is 10.6 Å². The normalized spacial score (nSPS) is 14.8. The quantitative estimate of drug-likeness (QED) is 0.907. The topological polar surface area (TPSA) is 90.3 Å². The Labute approximate surface area is 114 Å². The highest BCUT2D eigenvalue weighted by Crippen LogP contribution is 2.13. The summed E-state index contributed by atoms with van der Waals surface area (Å²) in [6, 6.07) is 1.56. The van der Waals surface area contributed by atoms with E-state index < -0.39 is 5.97 Å². The lowest BCUT2D eigenvalue weighted by atomic mass is 10.2. The van der Waals surface area contributed by atoms with Crippen LogP contribution in [0.15, 0.2) is 21.5 Å². The Bertz CT molecular complexity index is 695. The number of rotatable bonds is 3. The Balaban J connectivity index is 1.94. The molecule has 0 bridgehead atoms. The molecule has 0 aliphatic carbocycles. The lowest BCUT2D eigenvalue weighted by Gasteiger charge is -1.99. The van der Waals surface area contributed by atoms with Crippen LogP contribution in [0.25, 0.3) is 0 Å². The van der Waals surface area contributed by atoms with E-state index in [9.17, 15) is 9.59 Å². The van der Waals surface area contributed by atoms with Crippen molar-refractivity contribution in [3.63, 3.8) is 0 Å². The van der Waals surface area contributed by atoms with Crippen LogP contribution in [0, 0.1) is 0 Å². The standard InChI is InChI=1S/C13H15N3O4/c17-12(18)11-9(5-7-20-11)8-16-13(19)15-6-3-1-2-4-10(15)14-16/h5,7H,1-4,6,8H2,(H,17,18). The second-order valence-electron chi connectivity index (χ2n) is 4.90. The molecule has 3 heterocycles. The molecule has 0 fully saturated rings. The number of carboxylic acids is 1. The van der Waals surface area contributed by atoms with E-state index in [1.807, 2.05) is 0 Å². The van der Waals surface area contributed by atoms with Crippen molar-refractivity contribution in [3.05, 3.63) is 40.0 Å². The van der Waals surface area contributed by atoms with Crippen LogP contribution in [0.4, 0.5) is 0 Å². The molecule has 0 unspecified atom stereocenters. The zero-order valence-corrected chi connectivity index (χ0v) is 10.9. The van der Waals surface area contributed by atoms with E-state index in [4.69, 9.17) is 9.52 Å². The van der Waals surface area contributed by atoms with Crippen LogP contribution in [0.1, 0.15) is 41.2 Å². The van der Waals surface area contributed by atoms with Gasteiger partial charge in [0, 0.05) is 18.5 Å². The molecule has 7 heteroatoms. The van der Waals surface area contributed by atoms with Crippen LogP contribution in [-0.2, 0) is 19.5 Å². The first-order chi connectivity index (χ1) is 9.66. The lowest BCUT2D eigenvalue weighted by molar-refractivity contribution is 0.0660. The van der Waals surface area contributed by atoms with Gasteiger partial charge in [-0.3, -0.25) is 4.57 Å². The molecule has 0 amide bonds. The van der Waals surface area contributed by atoms with Crippen molar-refractivity contribution in [2.75, 3.05) is 0 Å². The van der Waals surface area contributed by atoms with Gasteiger partial charge in [-0.1, -0.05) is 6.42 Å². The zero-order valence-electron chi connectivity index (χ0n) is 10.9. The van der Waals surface area contributed by atoms with Crippen molar-refractivity contribution >= 4 is 5.97 Å². The number of aryl methyl sites for hydroxylation is 1. The van der Waals surface area contributed by atoms with Gasteiger partial charge in [0.15, 0.2) is 0 Å². The number of carboxylic acid groups (broad SMARTS) is 1. The summed E-state index contributed by atoms with van der Waals surface area (Å²) in [7, 11) is 0. The Kier molecular flexibility index (Phi) is 3.17. The van der Waals surface area contributed by atoms with E-state index in [2.05, 4.69) is 5.10 Å². The van der Waals surface area contributed by atoms with Crippen molar-refractivity contribution in [1.82, 2.24) is 14.3 Å². The molecule has 0 spiro atoms. The molecule has 0 radical (unpaired) electrons. The summed E-state index contributed by atoms with van der Waals surface area (Å²) in [5, 5.41) is 13.3. The zero-order chi connectivity index (χ0) is 14.1. The van der Waals surface area contributed by atoms with Crippen LogP contribution >= 0.6 is 0 Å². The average Bonchev–Trinajstić information content (AvgIpc) is 2.90. The number of nitrogens with zero attached hydrogens (tertiary/aromatic N) is 3. The second kappa shape index (κ2) is 4.99. The SMILES string of the molecule is O=C(O)c1occc1Cn1nc2n(c1=O)CCCCC2. The molecule has 0 aromatic carbocycles. The minimum Gasteiger partial charge on any atom is -0.475 e. The smallest absolute Gasteiger partial charge is 0.372 e. The number of aromatic nitrogens is 3. The summed E-state index contributed by atoms with van der Waals surface area (Å²) >= 11 is 0. The van der Waals surface area contributed by atoms with E-state index in [0.717, 1.165) is 31.5 Å². The molecule has 1 N–H and O–H groups in total. The summed E-state index contributed by atoms with van der Waals surface area (Å²) in [5.41, 5.74) is 0.271. The molecule has 3 rings (SSSR count). The van der Waals surface area contributed by atoms with Crippen molar-refractivity contribution in [2.24, 2.45) is 0 Å². The van der Waals surface area contributed by atoms with Gasteiger partial charge >= 0.3 is 11.7 Å². The number of hydrogen-bond donors (Lipinski definition) is 1. The van der Waals surface area contributed by atoms with Crippen molar-refractivity contribution in [3.8, 4) is 0 Å². The molecule has 1 aliphatic heterocycles. The number of hydrogen-bond acceptors (Lipinski definition) is 4. The molecular formula is C13H15N3O4. The maximum Gasteiger partial charge on any atom is 0.372 e. The summed E-state index contributed by atoms with van der Waals surface area (Å²) in [6.45, 7) is 0.808. The molecule has 1 aliphatic rings. The van der Waals surface area contributed by atoms with Crippen LogP contribution in [0.2, 0.25) is 0 Å². The molecule has 0 saturated carbocycles. The van der Waals surface area contributed by atoms with Gasteiger partial charge in [0.2, 0.25) is 5.76 Å². The number of aromatic carboxylic acids is 1. The van der Waals surface area contributed by atoms with Crippen LogP contribution in [-0.4, -0.2) is 25.4 Å². The summed E-state index contributed by atoms with van der Waals surface area (Å²) in [6.07, 6.45) is 5.21. The lowest BCUT2D eigenvalue weighted by Crippen LogP contribution is -2.26. The first-order valence-electron chi connectivity index (χ1n) is 6.63. The van der Waals surface area contributed by atoms with Crippen LogP contribution < -0.4 is 5.69 Å². The van der Waals surface area contributed by atoms with Crippen molar-refractivity contribution < 1.29 is 14.3 Å². The van der Waals surface area contributed by atoms with E-state index >= 15 is 0 Å². The Morgan fingerprint density at radius 1 is 1.40 bits per heavy atom. The van der Waals surface area contributed by atoms with Gasteiger partial charge in [0.25, 0.3) is 0 Å². The number of furan rings is 1. The Morgan fingerprint density at radius 3 is 3.05 bits per heavy atom. The highest BCUT2D eigenvalue weighted by Gasteiger charge is 2.19. The highest BCUT2D eigenvalue weighted by atomic mass is 16.4. The van der Waals surface area contributed by atoms with Crippen molar-refractivity contribution in [2.45, 2.75) is 38.8 Å². The molecular weight excluding hydrogens is 262 g/mol. The third kappa shape index (κ3) is 2.15. The largest absolute Gasteiger partial charge is 0.475 e. The van der Waals surface area contributed by atoms with Gasteiger partial charge in [-0.15, -0.1) is 0 Å². The van der Waals surface area contributed by atoms with Crippen LogP contribution in [0.5, 0.6) is 0 Å². The minimum atomic E-state index is -1.14. The molecule has 2 aromatic rings. The van der Waals surface area contributed by atoms with E-state index in [-0.39, 0.29) is 18.0 Å².